The van der Waals surface area contributed by atoms with Gasteiger partial charge in [-0.05, 0) is 54.0 Å². The number of benzene rings is 2. The number of amides is 1. The monoisotopic (exact) mass is 339 g/mol. The molecule has 0 spiro atoms. The Morgan fingerprint density at radius 2 is 1.60 bits per heavy atom. The van der Waals surface area contributed by atoms with Gasteiger partial charge in [-0.3, -0.25) is 4.79 Å². The molecule has 0 aliphatic heterocycles. The molecule has 0 unspecified atom stereocenters. The van der Waals surface area contributed by atoms with Crippen molar-refractivity contribution in [2.45, 2.75) is 52.4 Å². The fourth-order valence-corrected chi connectivity index (χ4v) is 2.72. The normalized spacial score (nSPS) is 13.1. The second-order valence-electron chi connectivity index (χ2n) is 6.61. The van der Waals surface area contributed by atoms with Crippen molar-refractivity contribution < 1.29 is 9.53 Å². The summed E-state index contributed by atoms with van der Waals surface area (Å²) in [5.41, 5.74) is 3.33. The molecule has 3 heteroatoms. The van der Waals surface area contributed by atoms with Crippen LogP contribution < -0.4 is 10.1 Å². The van der Waals surface area contributed by atoms with Gasteiger partial charge in [-0.25, -0.2) is 0 Å². The molecule has 0 saturated carbocycles. The SMILES string of the molecule is CC[C@@H](C)c1ccc(OCC(=O)Nc2ccccc2[C@H](C)CC)cc1. The lowest BCUT2D eigenvalue weighted by Gasteiger charge is -2.16. The summed E-state index contributed by atoms with van der Waals surface area (Å²) in [5.74, 6) is 1.53. The minimum atomic E-state index is -0.137. The Labute approximate surface area is 151 Å². The lowest BCUT2D eigenvalue weighted by Crippen LogP contribution is -2.21. The Balaban J connectivity index is 1.93. The number of hydrogen-bond acceptors (Lipinski definition) is 2. The van der Waals surface area contributed by atoms with Gasteiger partial charge in [-0.1, -0.05) is 58.0 Å². The highest BCUT2D eigenvalue weighted by atomic mass is 16.5. The van der Waals surface area contributed by atoms with Crippen LogP contribution in [0.1, 0.15) is 63.5 Å². The van der Waals surface area contributed by atoms with Crippen LogP contribution in [0.2, 0.25) is 0 Å². The summed E-state index contributed by atoms with van der Waals surface area (Å²) in [6.07, 6.45) is 2.14. The molecule has 2 aromatic carbocycles. The van der Waals surface area contributed by atoms with E-state index < -0.39 is 0 Å². The van der Waals surface area contributed by atoms with Crippen LogP contribution in [-0.2, 0) is 4.79 Å². The Morgan fingerprint density at radius 3 is 2.24 bits per heavy atom. The van der Waals surface area contributed by atoms with Crippen molar-refractivity contribution in [2.75, 3.05) is 11.9 Å². The Bertz CT molecular complexity index is 679. The van der Waals surface area contributed by atoms with Crippen LogP contribution in [-0.4, -0.2) is 12.5 Å². The lowest BCUT2D eigenvalue weighted by atomic mass is 9.97. The van der Waals surface area contributed by atoms with Gasteiger partial charge in [0.1, 0.15) is 5.75 Å². The van der Waals surface area contributed by atoms with E-state index >= 15 is 0 Å². The fourth-order valence-electron chi connectivity index (χ4n) is 2.72. The van der Waals surface area contributed by atoms with E-state index in [1.165, 1.54) is 5.56 Å². The average Bonchev–Trinajstić information content (AvgIpc) is 2.66. The van der Waals surface area contributed by atoms with Crippen LogP contribution in [0.3, 0.4) is 0 Å². The number of hydrogen-bond donors (Lipinski definition) is 1. The number of ether oxygens (including phenoxy) is 1. The van der Waals surface area contributed by atoms with Crippen molar-refractivity contribution in [1.29, 1.82) is 0 Å². The number of anilines is 1. The van der Waals surface area contributed by atoms with Crippen molar-refractivity contribution in [3.63, 3.8) is 0 Å². The molecule has 2 aromatic rings. The van der Waals surface area contributed by atoms with Crippen LogP contribution in [0.25, 0.3) is 0 Å². The van der Waals surface area contributed by atoms with Gasteiger partial charge in [0.05, 0.1) is 0 Å². The highest BCUT2D eigenvalue weighted by molar-refractivity contribution is 5.92. The highest BCUT2D eigenvalue weighted by Gasteiger charge is 2.11. The second-order valence-corrected chi connectivity index (χ2v) is 6.61. The fraction of sp³-hybridized carbons (Fsp3) is 0.409. The third kappa shape index (κ3) is 5.35. The molecule has 25 heavy (non-hydrogen) atoms. The molecule has 134 valence electrons. The van der Waals surface area contributed by atoms with Crippen molar-refractivity contribution >= 4 is 11.6 Å². The van der Waals surface area contributed by atoms with E-state index in [4.69, 9.17) is 4.74 Å². The molecule has 0 aliphatic rings. The van der Waals surface area contributed by atoms with E-state index in [1.54, 1.807) is 0 Å². The summed E-state index contributed by atoms with van der Waals surface area (Å²) < 4.78 is 5.62. The van der Waals surface area contributed by atoms with Gasteiger partial charge in [0, 0.05) is 5.69 Å². The number of carbonyl (C=O) groups is 1. The summed E-state index contributed by atoms with van der Waals surface area (Å²) in [6, 6.07) is 16.0. The predicted octanol–water partition coefficient (Wildman–Crippen LogP) is 5.73. The minimum Gasteiger partial charge on any atom is -0.484 e. The molecule has 0 radical (unpaired) electrons. The maximum absolute atomic E-state index is 12.2. The van der Waals surface area contributed by atoms with Crippen molar-refractivity contribution in [3.05, 3.63) is 59.7 Å². The topological polar surface area (TPSA) is 38.3 Å². The van der Waals surface area contributed by atoms with E-state index in [-0.39, 0.29) is 12.5 Å². The van der Waals surface area contributed by atoms with Crippen LogP contribution >= 0.6 is 0 Å². The molecule has 0 saturated heterocycles. The van der Waals surface area contributed by atoms with Crippen LogP contribution in [0.15, 0.2) is 48.5 Å². The van der Waals surface area contributed by atoms with E-state index in [1.807, 2.05) is 30.3 Å². The van der Waals surface area contributed by atoms with Crippen molar-refractivity contribution in [3.8, 4) is 5.75 Å². The molecule has 0 aliphatic carbocycles. The molecular formula is C22H29NO2. The van der Waals surface area contributed by atoms with Crippen LogP contribution in [0.5, 0.6) is 5.75 Å². The predicted molar refractivity (Wildman–Crippen MR) is 104 cm³/mol. The molecular weight excluding hydrogens is 310 g/mol. The Kier molecular flexibility index (Phi) is 7.05. The van der Waals surface area contributed by atoms with E-state index in [0.717, 1.165) is 29.8 Å². The van der Waals surface area contributed by atoms with Gasteiger partial charge in [0.2, 0.25) is 0 Å². The summed E-state index contributed by atoms with van der Waals surface area (Å²) in [5, 5.41) is 2.97. The summed E-state index contributed by atoms with van der Waals surface area (Å²) in [7, 11) is 0. The summed E-state index contributed by atoms with van der Waals surface area (Å²) in [4.78, 5) is 12.2. The molecule has 2 rings (SSSR count). The standard InChI is InChI=1S/C22H29NO2/c1-5-16(3)18-11-13-19(14-12-18)25-15-22(24)23-21-10-8-7-9-20(21)17(4)6-2/h7-14,16-17H,5-6,15H2,1-4H3,(H,23,24)/t16-,17-/m1/s1. The number of carbonyl (C=O) groups excluding carboxylic acids is 1. The molecule has 0 fully saturated rings. The molecule has 3 nitrogen and oxygen atoms in total. The molecule has 1 amide bonds. The van der Waals surface area contributed by atoms with E-state index in [2.05, 4.69) is 51.2 Å². The van der Waals surface area contributed by atoms with Gasteiger partial charge in [-0.2, -0.15) is 0 Å². The van der Waals surface area contributed by atoms with Crippen molar-refractivity contribution in [2.24, 2.45) is 0 Å². The minimum absolute atomic E-state index is 0.0114. The third-order valence-electron chi connectivity index (χ3n) is 4.81. The zero-order chi connectivity index (χ0) is 18.2. The third-order valence-corrected chi connectivity index (χ3v) is 4.81. The highest BCUT2D eigenvalue weighted by Crippen LogP contribution is 2.26. The summed E-state index contributed by atoms with van der Waals surface area (Å²) in [6.45, 7) is 8.71. The van der Waals surface area contributed by atoms with Gasteiger partial charge in [-0.15, -0.1) is 0 Å². The Morgan fingerprint density at radius 1 is 0.960 bits per heavy atom. The van der Waals surface area contributed by atoms with Crippen molar-refractivity contribution in [1.82, 2.24) is 0 Å². The molecule has 1 N–H and O–H groups in total. The second kappa shape index (κ2) is 9.26. The quantitative estimate of drug-likeness (QED) is 0.667. The first-order valence-electron chi connectivity index (χ1n) is 9.16. The molecule has 0 heterocycles. The van der Waals surface area contributed by atoms with Crippen LogP contribution in [0, 0.1) is 0 Å². The number of nitrogens with one attached hydrogen (secondary N) is 1. The lowest BCUT2D eigenvalue weighted by molar-refractivity contribution is -0.118. The zero-order valence-corrected chi connectivity index (χ0v) is 15.7. The first-order valence-corrected chi connectivity index (χ1v) is 9.16. The van der Waals surface area contributed by atoms with Gasteiger partial charge in [0.25, 0.3) is 5.91 Å². The maximum Gasteiger partial charge on any atom is 0.262 e. The molecule has 0 aromatic heterocycles. The number of rotatable bonds is 8. The smallest absolute Gasteiger partial charge is 0.262 e. The van der Waals surface area contributed by atoms with Gasteiger partial charge >= 0.3 is 0 Å². The van der Waals surface area contributed by atoms with Gasteiger partial charge in [0.15, 0.2) is 6.61 Å². The first-order chi connectivity index (χ1) is 12.0. The zero-order valence-electron chi connectivity index (χ0n) is 15.7. The summed E-state index contributed by atoms with van der Waals surface area (Å²) >= 11 is 0. The molecule has 2 atom stereocenters. The Hall–Kier alpha value is -2.29. The maximum atomic E-state index is 12.2. The molecule has 0 bridgehead atoms. The van der Waals surface area contributed by atoms with E-state index in [0.29, 0.717) is 11.8 Å². The van der Waals surface area contributed by atoms with E-state index in [9.17, 15) is 4.79 Å². The average molecular weight is 339 g/mol. The van der Waals surface area contributed by atoms with Crippen LogP contribution in [0.4, 0.5) is 5.69 Å². The first kappa shape index (κ1) is 19.0. The van der Waals surface area contributed by atoms with Gasteiger partial charge < -0.3 is 10.1 Å². The number of para-hydroxylation sites is 1. The largest absolute Gasteiger partial charge is 0.484 e.